The molecule has 0 aliphatic heterocycles. The van der Waals surface area contributed by atoms with Crippen molar-refractivity contribution >= 4 is 98.1 Å². The molecule has 9 heteroatoms. The number of benzene rings is 18. The van der Waals surface area contributed by atoms with Crippen molar-refractivity contribution in [3.05, 3.63) is 388 Å². The van der Waals surface area contributed by atoms with Crippen LogP contribution < -0.4 is 0 Å². The number of hydrogen-bond acceptors (Lipinski definition) is 9. The highest BCUT2D eigenvalue weighted by Crippen LogP contribution is 2.47. The first kappa shape index (κ1) is 66.9. The second kappa shape index (κ2) is 27.5. The lowest BCUT2D eigenvalue weighted by Crippen LogP contribution is -2.01. The van der Waals surface area contributed by atoms with Crippen molar-refractivity contribution in [1.29, 1.82) is 0 Å². The molecule has 0 aliphatic rings. The Labute approximate surface area is 671 Å². The zero-order valence-electron chi connectivity index (χ0n) is 62.9. The Morgan fingerprint density at radius 3 is 1.13 bits per heavy atom. The van der Waals surface area contributed by atoms with E-state index in [0.717, 1.165) is 188 Å². The molecule has 0 atom stereocenters. The summed E-state index contributed by atoms with van der Waals surface area (Å²) in [7, 11) is 0. The molecule has 23 aromatic rings. The zero-order valence-corrected chi connectivity index (χ0v) is 62.9. The maximum atomic E-state index is 6.95. The summed E-state index contributed by atoms with van der Waals surface area (Å²) in [6.45, 7) is 0. The van der Waals surface area contributed by atoms with Crippen molar-refractivity contribution < 1.29 is 13.3 Å². The number of rotatable bonds is 13. The van der Waals surface area contributed by atoms with Gasteiger partial charge in [0.2, 0.25) is 0 Å². The second-order valence-corrected chi connectivity index (χ2v) is 29.9. The smallest absolute Gasteiger partial charge is 0.164 e. The molecule has 0 amide bonds. The number of para-hydroxylation sites is 1. The maximum Gasteiger partial charge on any atom is 0.164 e. The lowest BCUT2D eigenvalue weighted by Gasteiger charge is -2.14. The maximum absolute atomic E-state index is 6.95. The van der Waals surface area contributed by atoms with Gasteiger partial charge in [-0.1, -0.05) is 315 Å². The van der Waals surface area contributed by atoms with Gasteiger partial charge in [0.15, 0.2) is 34.9 Å². The number of nitrogens with zero attached hydrogens (tertiary/aromatic N) is 6. The normalized spacial score (nSPS) is 11.8. The summed E-state index contributed by atoms with van der Waals surface area (Å²) < 4.78 is 20.4. The lowest BCUT2D eigenvalue weighted by molar-refractivity contribution is 0.668. The van der Waals surface area contributed by atoms with Crippen molar-refractivity contribution in [2.45, 2.75) is 0 Å². The first-order valence-corrected chi connectivity index (χ1v) is 39.3. The van der Waals surface area contributed by atoms with Crippen LogP contribution in [0.5, 0.6) is 0 Å². The molecule has 9 nitrogen and oxygen atoms in total. The van der Waals surface area contributed by atoms with Gasteiger partial charge in [0.1, 0.15) is 33.5 Å². The van der Waals surface area contributed by atoms with Crippen molar-refractivity contribution in [3.63, 3.8) is 0 Å². The molecule has 0 spiro atoms. The predicted molar refractivity (Wildman–Crippen MR) is 478 cm³/mol. The number of fused-ring (bicyclic) bond motifs is 13. The van der Waals surface area contributed by atoms with E-state index in [0.29, 0.717) is 34.9 Å². The van der Waals surface area contributed by atoms with E-state index in [9.17, 15) is 0 Å². The zero-order chi connectivity index (χ0) is 77.0. The third kappa shape index (κ3) is 11.8. The minimum atomic E-state index is 0.584. The number of hydrogen-bond donors (Lipinski definition) is 0. The molecule has 0 N–H and O–H groups in total. The van der Waals surface area contributed by atoms with Crippen LogP contribution in [0.1, 0.15) is 0 Å². The van der Waals surface area contributed by atoms with Crippen LogP contribution in [0.25, 0.3) is 244 Å². The Morgan fingerprint density at radius 2 is 0.504 bits per heavy atom. The van der Waals surface area contributed by atoms with Gasteiger partial charge in [-0.15, -0.1) is 0 Å². The number of aromatic nitrogens is 6. The molecule has 5 heterocycles. The Morgan fingerprint density at radius 1 is 0.145 bits per heavy atom. The quantitative estimate of drug-likeness (QED) is 0.104. The van der Waals surface area contributed by atoms with Crippen molar-refractivity contribution in [1.82, 2.24) is 29.9 Å². The van der Waals surface area contributed by atoms with Gasteiger partial charge in [0.05, 0.1) is 0 Å². The highest BCUT2D eigenvalue weighted by molar-refractivity contribution is 6.19. The summed E-state index contributed by atoms with van der Waals surface area (Å²) in [6.07, 6.45) is 0. The van der Waals surface area contributed by atoms with Crippen LogP contribution in [0.2, 0.25) is 0 Å². The topological polar surface area (TPSA) is 117 Å². The SMILES string of the molecule is c1ccc(-c2cccc(-c3nc(-c4ccccc4)nc(-c4ccc(-c5cccc6oc7cc(-c8cccc9c8oc8cc(-c%10ccc(-c%11cccc(-c%12nc(-c%13ccccc%13)nc(-c%13ccc(-c%14cccc%15oc%16cc(-c%17ccc%18ccc%19ccccc%19c%18c%17)ccc%16c%14%15)cc%13)n%12)c%11)cc%10)ccc89)ccc7c56)c5ccccc45)n3)c2)cc1. The van der Waals surface area contributed by atoms with Crippen LogP contribution in [0.3, 0.4) is 0 Å². The first-order valence-electron chi connectivity index (χ1n) is 39.3. The summed E-state index contributed by atoms with van der Waals surface area (Å²) in [4.78, 5) is 31.1. The van der Waals surface area contributed by atoms with Crippen LogP contribution in [0, 0.1) is 0 Å². The summed E-state index contributed by atoms with van der Waals surface area (Å²) >= 11 is 0. The van der Waals surface area contributed by atoms with Crippen LogP contribution in [-0.2, 0) is 0 Å². The molecule has 0 unspecified atom stereocenters. The third-order valence-corrected chi connectivity index (χ3v) is 23.0. The standard InChI is InChI=1S/C108H64N6O3/c1-4-19-65(20-5-1)74-26-14-29-81(59-74)107-111-104(72-24-8-3-9-25-72)113-108(114-107)91-58-57-87(85-31-12-13-32-86(85)91)89-35-18-38-96-101(89)93-56-53-79(64-99(93)116-96)84-34-16-36-90-88-54-51-77(62-97(88)117-102(84)90)67-41-39-66(40-42-67)75-27-15-28-80(60-75)106-110-103(71-22-6-2-7-23-71)109-105(112-106)73-48-45-69(46-49-73)83-33-17-37-95-100(83)92-55-52-78(63-98(92)115-95)76-50-47-70-44-43-68-21-10-11-30-82(68)94(70)61-76/h1-64H. The van der Waals surface area contributed by atoms with Gasteiger partial charge in [-0.2, -0.15) is 0 Å². The fraction of sp³-hybridized carbons (Fsp3) is 0. The summed E-state index contributed by atoms with van der Waals surface area (Å²) in [5.41, 5.74) is 25.3. The van der Waals surface area contributed by atoms with Gasteiger partial charge < -0.3 is 13.3 Å². The average molecular weight is 1490 g/mol. The van der Waals surface area contributed by atoms with E-state index in [1.165, 1.54) is 21.5 Å². The summed E-state index contributed by atoms with van der Waals surface area (Å²) in [6, 6.07) is 136. The Hall–Kier alpha value is -15.8. The molecule has 0 saturated heterocycles. The van der Waals surface area contributed by atoms with E-state index in [-0.39, 0.29) is 0 Å². The second-order valence-electron chi connectivity index (χ2n) is 29.9. The van der Waals surface area contributed by atoms with Gasteiger partial charge in [0, 0.05) is 71.3 Å². The first-order chi connectivity index (χ1) is 57.9. The molecule has 18 aromatic carbocycles. The molecule has 0 fully saturated rings. The number of furan rings is 3. The average Bonchev–Trinajstić information content (AvgIpc) is 1.69. The highest BCUT2D eigenvalue weighted by atomic mass is 16.3. The lowest BCUT2D eigenvalue weighted by atomic mass is 9.92. The van der Waals surface area contributed by atoms with Crippen LogP contribution in [0.15, 0.2) is 401 Å². The minimum absolute atomic E-state index is 0.584. The fourth-order valence-corrected chi connectivity index (χ4v) is 17.2. The molecular weight excluding hydrogens is 1430 g/mol. The summed E-state index contributed by atoms with van der Waals surface area (Å²) in [5.74, 6) is 3.57. The van der Waals surface area contributed by atoms with E-state index < -0.39 is 0 Å². The van der Waals surface area contributed by atoms with E-state index >= 15 is 0 Å². The van der Waals surface area contributed by atoms with E-state index in [4.69, 9.17) is 43.2 Å². The Kier molecular flexibility index (Phi) is 15.7. The van der Waals surface area contributed by atoms with Gasteiger partial charge in [-0.3, -0.25) is 0 Å². The minimum Gasteiger partial charge on any atom is -0.456 e. The van der Waals surface area contributed by atoms with Crippen LogP contribution >= 0.6 is 0 Å². The molecule has 0 saturated carbocycles. The van der Waals surface area contributed by atoms with E-state index in [1.54, 1.807) is 0 Å². The van der Waals surface area contributed by atoms with E-state index in [1.807, 2.05) is 66.7 Å². The Bertz CT molecular complexity index is 7930. The molecule has 117 heavy (non-hydrogen) atoms. The summed E-state index contributed by atoms with van der Waals surface area (Å²) in [5, 5.41) is 13.4. The van der Waals surface area contributed by atoms with Gasteiger partial charge in [-0.25, -0.2) is 29.9 Å². The van der Waals surface area contributed by atoms with Gasteiger partial charge >= 0.3 is 0 Å². The predicted octanol–water partition coefficient (Wildman–Crippen LogP) is 28.9. The van der Waals surface area contributed by atoms with Crippen LogP contribution in [0.4, 0.5) is 0 Å². The Balaban J connectivity index is 0.522. The molecule has 23 rings (SSSR count). The molecule has 0 aliphatic carbocycles. The van der Waals surface area contributed by atoms with Crippen LogP contribution in [-0.4, -0.2) is 29.9 Å². The third-order valence-electron chi connectivity index (χ3n) is 23.0. The van der Waals surface area contributed by atoms with E-state index in [2.05, 4.69) is 322 Å². The van der Waals surface area contributed by atoms with Crippen molar-refractivity contribution in [2.24, 2.45) is 0 Å². The van der Waals surface area contributed by atoms with Gasteiger partial charge in [-0.05, 0) is 177 Å². The molecule has 5 aromatic heterocycles. The van der Waals surface area contributed by atoms with Crippen molar-refractivity contribution in [3.8, 4) is 146 Å². The molecule has 544 valence electrons. The monoisotopic (exact) mass is 1490 g/mol. The molecule has 0 radical (unpaired) electrons. The highest BCUT2D eigenvalue weighted by Gasteiger charge is 2.24. The largest absolute Gasteiger partial charge is 0.456 e. The molecule has 0 bridgehead atoms. The van der Waals surface area contributed by atoms with Gasteiger partial charge in [0.25, 0.3) is 0 Å². The fourth-order valence-electron chi connectivity index (χ4n) is 17.2. The van der Waals surface area contributed by atoms with Crippen molar-refractivity contribution in [2.75, 3.05) is 0 Å². The molecular formula is C108H64N6O3.